The van der Waals surface area contributed by atoms with E-state index in [1.807, 2.05) is 0 Å². The molecule has 2 rings (SSSR count). The molecule has 0 aromatic carbocycles. The standard InChI is InChI=1S/C9H17N/c1-9(10)6-8(9)7-4-2-3-5-7/h7-8H,2-6,10H2,1H3. The fraction of sp³-hybridized carbons (Fsp3) is 1.00. The summed E-state index contributed by atoms with van der Waals surface area (Å²) in [7, 11) is 0. The molecule has 58 valence electrons. The Hall–Kier alpha value is -0.0400. The minimum atomic E-state index is 0.231. The van der Waals surface area contributed by atoms with Crippen molar-refractivity contribution in [3.8, 4) is 0 Å². The molecular weight excluding hydrogens is 122 g/mol. The van der Waals surface area contributed by atoms with Crippen molar-refractivity contribution in [2.75, 3.05) is 0 Å². The molecule has 0 spiro atoms. The molecule has 0 aromatic heterocycles. The molecule has 0 radical (unpaired) electrons. The third kappa shape index (κ3) is 0.968. The van der Waals surface area contributed by atoms with Crippen molar-refractivity contribution in [3.63, 3.8) is 0 Å². The van der Waals surface area contributed by atoms with E-state index >= 15 is 0 Å². The number of nitrogens with two attached hydrogens (primary N) is 1. The molecule has 2 aliphatic rings. The van der Waals surface area contributed by atoms with E-state index in [9.17, 15) is 0 Å². The van der Waals surface area contributed by atoms with Crippen LogP contribution in [0.4, 0.5) is 0 Å². The van der Waals surface area contributed by atoms with Crippen LogP contribution in [0.1, 0.15) is 39.0 Å². The van der Waals surface area contributed by atoms with Crippen LogP contribution in [0.15, 0.2) is 0 Å². The molecule has 2 fully saturated rings. The van der Waals surface area contributed by atoms with Gasteiger partial charge >= 0.3 is 0 Å². The summed E-state index contributed by atoms with van der Waals surface area (Å²) in [6, 6.07) is 0. The minimum Gasteiger partial charge on any atom is -0.325 e. The molecule has 2 saturated carbocycles. The third-order valence-electron chi connectivity index (χ3n) is 3.32. The summed E-state index contributed by atoms with van der Waals surface area (Å²) in [5.41, 5.74) is 6.22. The number of hydrogen-bond donors (Lipinski definition) is 1. The van der Waals surface area contributed by atoms with Gasteiger partial charge in [-0.1, -0.05) is 25.7 Å². The highest BCUT2D eigenvalue weighted by molar-refractivity contribution is 5.07. The van der Waals surface area contributed by atoms with Gasteiger partial charge in [-0.3, -0.25) is 0 Å². The lowest BCUT2D eigenvalue weighted by atomic mass is 9.99. The van der Waals surface area contributed by atoms with Gasteiger partial charge in [0.25, 0.3) is 0 Å². The maximum atomic E-state index is 5.99. The van der Waals surface area contributed by atoms with E-state index < -0.39 is 0 Å². The Balaban J connectivity index is 1.90. The molecule has 0 saturated heterocycles. The molecule has 2 N–H and O–H groups in total. The summed E-state index contributed by atoms with van der Waals surface area (Å²) < 4.78 is 0. The summed E-state index contributed by atoms with van der Waals surface area (Å²) in [5.74, 6) is 1.88. The second-order valence-electron chi connectivity index (χ2n) is 4.36. The van der Waals surface area contributed by atoms with Gasteiger partial charge in [0.15, 0.2) is 0 Å². The van der Waals surface area contributed by atoms with Crippen LogP contribution in [0.3, 0.4) is 0 Å². The molecule has 2 atom stereocenters. The van der Waals surface area contributed by atoms with Crippen LogP contribution in [-0.2, 0) is 0 Å². The van der Waals surface area contributed by atoms with Crippen molar-refractivity contribution < 1.29 is 0 Å². The molecule has 10 heavy (non-hydrogen) atoms. The summed E-state index contributed by atoms with van der Waals surface area (Å²) in [4.78, 5) is 0. The predicted octanol–water partition coefficient (Wildman–Crippen LogP) is 1.91. The van der Waals surface area contributed by atoms with Crippen LogP contribution in [-0.4, -0.2) is 5.54 Å². The molecule has 2 unspecified atom stereocenters. The highest BCUT2D eigenvalue weighted by Gasteiger charge is 2.50. The van der Waals surface area contributed by atoms with Gasteiger partial charge in [-0.2, -0.15) is 0 Å². The molecule has 0 heterocycles. The number of hydrogen-bond acceptors (Lipinski definition) is 1. The topological polar surface area (TPSA) is 26.0 Å². The first-order valence-corrected chi connectivity index (χ1v) is 4.49. The lowest BCUT2D eigenvalue weighted by Crippen LogP contribution is -2.22. The quantitative estimate of drug-likeness (QED) is 0.590. The van der Waals surface area contributed by atoms with E-state index in [1.165, 1.54) is 32.1 Å². The Morgan fingerprint density at radius 2 is 1.80 bits per heavy atom. The van der Waals surface area contributed by atoms with Crippen LogP contribution >= 0.6 is 0 Å². The van der Waals surface area contributed by atoms with Crippen LogP contribution in [0.25, 0.3) is 0 Å². The second-order valence-corrected chi connectivity index (χ2v) is 4.36. The fourth-order valence-corrected chi connectivity index (χ4v) is 2.48. The molecule has 0 amide bonds. The molecular formula is C9H17N. The van der Waals surface area contributed by atoms with Gasteiger partial charge in [0, 0.05) is 5.54 Å². The molecule has 1 nitrogen and oxygen atoms in total. The monoisotopic (exact) mass is 139 g/mol. The second kappa shape index (κ2) is 1.97. The normalized spacial score (nSPS) is 48.0. The minimum absolute atomic E-state index is 0.231. The predicted molar refractivity (Wildman–Crippen MR) is 42.7 cm³/mol. The van der Waals surface area contributed by atoms with E-state index in [1.54, 1.807) is 0 Å². The van der Waals surface area contributed by atoms with E-state index in [4.69, 9.17) is 5.73 Å². The van der Waals surface area contributed by atoms with Gasteiger partial charge in [-0.05, 0) is 25.2 Å². The first-order valence-electron chi connectivity index (χ1n) is 4.49. The van der Waals surface area contributed by atoms with E-state index in [2.05, 4.69) is 6.92 Å². The highest BCUT2D eigenvalue weighted by Crippen LogP contribution is 2.51. The smallest absolute Gasteiger partial charge is 0.0161 e. The highest BCUT2D eigenvalue weighted by atomic mass is 14.8. The van der Waals surface area contributed by atoms with Crippen LogP contribution < -0.4 is 5.73 Å². The van der Waals surface area contributed by atoms with Crippen molar-refractivity contribution in [2.24, 2.45) is 17.6 Å². The van der Waals surface area contributed by atoms with Gasteiger partial charge < -0.3 is 5.73 Å². The molecule has 2 aliphatic carbocycles. The summed E-state index contributed by atoms with van der Waals surface area (Å²) in [6.07, 6.45) is 7.11. The zero-order valence-electron chi connectivity index (χ0n) is 6.77. The summed E-state index contributed by atoms with van der Waals surface area (Å²) in [6.45, 7) is 2.20. The van der Waals surface area contributed by atoms with Crippen molar-refractivity contribution in [1.29, 1.82) is 0 Å². The van der Waals surface area contributed by atoms with Gasteiger partial charge in [0.1, 0.15) is 0 Å². The van der Waals surface area contributed by atoms with Crippen molar-refractivity contribution in [2.45, 2.75) is 44.6 Å². The third-order valence-corrected chi connectivity index (χ3v) is 3.32. The van der Waals surface area contributed by atoms with E-state index in [0.717, 1.165) is 11.8 Å². The van der Waals surface area contributed by atoms with Gasteiger partial charge in [-0.25, -0.2) is 0 Å². The van der Waals surface area contributed by atoms with Crippen LogP contribution in [0.5, 0.6) is 0 Å². The first kappa shape index (κ1) is 6.66. The molecule has 0 aromatic rings. The Morgan fingerprint density at radius 3 is 2.20 bits per heavy atom. The summed E-state index contributed by atoms with van der Waals surface area (Å²) >= 11 is 0. The SMILES string of the molecule is CC1(N)CC1C1CCCC1. The Kier molecular flexibility index (Phi) is 1.31. The lowest BCUT2D eigenvalue weighted by molar-refractivity contribution is 0.435. The molecule has 0 aliphatic heterocycles. The van der Waals surface area contributed by atoms with Crippen molar-refractivity contribution >= 4 is 0 Å². The maximum Gasteiger partial charge on any atom is 0.0161 e. The Labute approximate surface area is 63.0 Å². The van der Waals surface area contributed by atoms with Crippen molar-refractivity contribution in [1.82, 2.24) is 0 Å². The fourth-order valence-electron chi connectivity index (χ4n) is 2.48. The lowest BCUT2D eigenvalue weighted by Gasteiger charge is -2.09. The zero-order valence-corrected chi connectivity index (χ0v) is 6.77. The van der Waals surface area contributed by atoms with E-state index in [-0.39, 0.29) is 5.54 Å². The van der Waals surface area contributed by atoms with Gasteiger partial charge in [-0.15, -0.1) is 0 Å². The molecule has 0 bridgehead atoms. The largest absolute Gasteiger partial charge is 0.325 e. The van der Waals surface area contributed by atoms with Gasteiger partial charge in [0.05, 0.1) is 0 Å². The average molecular weight is 139 g/mol. The van der Waals surface area contributed by atoms with Crippen LogP contribution in [0, 0.1) is 11.8 Å². The Bertz CT molecular complexity index is 131. The van der Waals surface area contributed by atoms with Crippen LogP contribution in [0.2, 0.25) is 0 Å². The molecule has 1 heteroatoms. The zero-order chi connectivity index (χ0) is 7.19. The van der Waals surface area contributed by atoms with Gasteiger partial charge in [0.2, 0.25) is 0 Å². The maximum absolute atomic E-state index is 5.99. The summed E-state index contributed by atoms with van der Waals surface area (Å²) in [5, 5.41) is 0. The van der Waals surface area contributed by atoms with E-state index in [0.29, 0.717) is 0 Å². The first-order chi connectivity index (χ1) is 4.70. The number of rotatable bonds is 1. The van der Waals surface area contributed by atoms with Crippen molar-refractivity contribution in [3.05, 3.63) is 0 Å². The Morgan fingerprint density at radius 1 is 1.30 bits per heavy atom. The average Bonchev–Trinajstić information content (AvgIpc) is 2.31.